The van der Waals surface area contributed by atoms with Gasteiger partial charge in [-0.05, 0) is 22.9 Å². The Kier molecular flexibility index (Phi) is 8.17. The van der Waals surface area contributed by atoms with Crippen molar-refractivity contribution >= 4 is 21.5 Å². The van der Waals surface area contributed by atoms with Crippen LogP contribution < -0.4 is 10.2 Å². The Morgan fingerprint density at radius 1 is 0.538 bits per heavy atom. The molecule has 0 aliphatic heterocycles. The van der Waals surface area contributed by atoms with Gasteiger partial charge < -0.3 is 20.4 Å². The fourth-order valence-electron chi connectivity index (χ4n) is 4.20. The van der Waals surface area contributed by atoms with Crippen molar-refractivity contribution in [3.63, 3.8) is 0 Å². The Bertz CT molecular complexity index is 1560. The second kappa shape index (κ2) is 11.2. The van der Waals surface area contributed by atoms with Gasteiger partial charge in [-0.25, -0.2) is 0 Å². The number of nitrogens with zero attached hydrogens (tertiary/aromatic N) is 6. The summed E-state index contributed by atoms with van der Waals surface area (Å²) in [6.45, 7) is 12.8. The monoisotopic (exact) mass is 695 g/mol. The summed E-state index contributed by atoms with van der Waals surface area (Å²) in [7, 11) is 0. The van der Waals surface area contributed by atoms with E-state index in [4.69, 9.17) is 0 Å². The third kappa shape index (κ3) is 6.17. The van der Waals surface area contributed by atoms with Crippen LogP contribution in [0.5, 0.6) is 0 Å². The molecule has 0 amide bonds. The number of hydrogen-bond acceptors (Lipinski definition) is 4. The molecule has 6 nitrogen and oxygen atoms in total. The molecular weight excluding hydrogens is 663 g/mol. The molecule has 0 fully saturated rings. The van der Waals surface area contributed by atoms with Gasteiger partial charge in [0, 0.05) is 45.4 Å². The van der Waals surface area contributed by atoms with Crippen molar-refractivity contribution in [2.24, 2.45) is 0 Å². The van der Waals surface area contributed by atoms with E-state index in [-0.39, 0.29) is 31.9 Å². The first-order valence-electron chi connectivity index (χ1n) is 12.8. The fraction of sp³-hybridized carbons (Fsp3) is 0.250. The van der Waals surface area contributed by atoms with Gasteiger partial charge in [-0.1, -0.05) is 114 Å². The standard InChI is InChI=1S/2C16H16N3.Pt/c2*1-16(2,3)14-10-13(18-19-14)15-12-7-5-4-6-11(12)8-9-17-15;/h2*4-10H,1-3H3;/q2*-1;+2. The molecule has 4 heterocycles. The van der Waals surface area contributed by atoms with Gasteiger partial charge >= 0.3 is 21.1 Å². The molecule has 39 heavy (non-hydrogen) atoms. The first-order valence-corrected chi connectivity index (χ1v) is 12.8. The van der Waals surface area contributed by atoms with E-state index in [1.54, 1.807) is 0 Å². The summed E-state index contributed by atoms with van der Waals surface area (Å²) in [6.07, 6.45) is 3.65. The second-order valence-corrected chi connectivity index (χ2v) is 11.5. The topological polar surface area (TPSA) is 79.8 Å². The van der Waals surface area contributed by atoms with Crippen molar-refractivity contribution < 1.29 is 21.1 Å². The molecule has 2 aromatic carbocycles. The Hall–Kier alpha value is -3.63. The summed E-state index contributed by atoms with van der Waals surface area (Å²) in [5.41, 5.74) is 5.52. The van der Waals surface area contributed by atoms with E-state index in [0.29, 0.717) is 0 Å². The van der Waals surface area contributed by atoms with Crippen LogP contribution in [0.3, 0.4) is 0 Å². The number of pyridine rings is 2. The zero-order valence-electron chi connectivity index (χ0n) is 23.1. The predicted molar refractivity (Wildman–Crippen MR) is 154 cm³/mol. The summed E-state index contributed by atoms with van der Waals surface area (Å²) >= 11 is 0. The van der Waals surface area contributed by atoms with Gasteiger partial charge in [-0.2, -0.15) is 0 Å². The molecule has 0 N–H and O–H groups in total. The number of benzene rings is 2. The van der Waals surface area contributed by atoms with E-state index in [1.165, 1.54) is 10.8 Å². The zero-order valence-corrected chi connectivity index (χ0v) is 25.4. The average molecular weight is 696 g/mol. The second-order valence-electron chi connectivity index (χ2n) is 11.5. The first-order chi connectivity index (χ1) is 18.1. The molecule has 0 saturated carbocycles. The molecule has 6 rings (SSSR count). The van der Waals surface area contributed by atoms with Crippen molar-refractivity contribution in [3.8, 4) is 22.8 Å². The maximum atomic E-state index is 4.47. The smallest absolute Gasteiger partial charge is 0.573 e. The summed E-state index contributed by atoms with van der Waals surface area (Å²) in [5, 5.41) is 21.7. The van der Waals surface area contributed by atoms with Gasteiger partial charge in [-0.3, -0.25) is 9.97 Å². The van der Waals surface area contributed by atoms with Crippen LogP contribution in [0.2, 0.25) is 0 Å². The molecular formula is C32H32N6Pt. The van der Waals surface area contributed by atoms with Crippen molar-refractivity contribution in [1.82, 2.24) is 30.4 Å². The van der Waals surface area contributed by atoms with Crippen LogP contribution in [0.1, 0.15) is 52.9 Å². The van der Waals surface area contributed by atoms with Crippen molar-refractivity contribution in [2.75, 3.05) is 0 Å². The van der Waals surface area contributed by atoms with Crippen LogP contribution in [0.15, 0.2) is 85.2 Å². The van der Waals surface area contributed by atoms with Gasteiger partial charge in [0.1, 0.15) is 0 Å². The Morgan fingerprint density at radius 2 is 0.923 bits per heavy atom. The van der Waals surface area contributed by atoms with E-state index >= 15 is 0 Å². The molecule has 0 atom stereocenters. The SMILES string of the molecule is CC(C)(C)c1cc(-c2nccc3ccccc23)[n-]n1.CC(C)(C)c1cc(-c2nccc3ccccc23)[n-]n1.[Pt+2]. The van der Waals surface area contributed by atoms with Gasteiger partial charge in [-0.15, -0.1) is 0 Å². The minimum absolute atomic E-state index is 0. The number of fused-ring (bicyclic) bond motifs is 2. The summed E-state index contributed by atoms with van der Waals surface area (Å²) in [5.74, 6) is 0. The Balaban J connectivity index is 0.000000176. The first kappa shape index (κ1) is 28.4. The average Bonchev–Trinajstić information content (AvgIpc) is 3.59. The maximum absolute atomic E-state index is 4.47. The van der Waals surface area contributed by atoms with Crippen molar-refractivity contribution in [1.29, 1.82) is 0 Å². The Labute approximate surface area is 244 Å². The van der Waals surface area contributed by atoms with Gasteiger partial charge in [0.2, 0.25) is 0 Å². The molecule has 0 aliphatic rings. The van der Waals surface area contributed by atoms with Crippen LogP contribution in [-0.4, -0.2) is 20.2 Å². The Morgan fingerprint density at radius 3 is 1.28 bits per heavy atom. The largest absolute Gasteiger partial charge is 2.00 e. The molecule has 6 aromatic rings. The number of aromatic nitrogens is 6. The molecule has 0 bridgehead atoms. The molecule has 0 unspecified atom stereocenters. The normalized spacial score (nSPS) is 11.6. The summed E-state index contributed by atoms with van der Waals surface area (Å²) < 4.78 is 0. The quantitative estimate of drug-likeness (QED) is 0.192. The summed E-state index contributed by atoms with van der Waals surface area (Å²) in [4.78, 5) is 8.94. The van der Waals surface area contributed by atoms with Crippen LogP contribution in [-0.2, 0) is 31.9 Å². The minimum Gasteiger partial charge on any atom is -0.573 e. The predicted octanol–water partition coefficient (Wildman–Crippen LogP) is 7.10. The van der Waals surface area contributed by atoms with E-state index in [0.717, 1.165) is 44.9 Å². The third-order valence-electron chi connectivity index (χ3n) is 6.45. The molecule has 0 aliphatic carbocycles. The van der Waals surface area contributed by atoms with E-state index < -0.39 is 0 Å². The van der Waals surface area contributed by atoms with E-state index in [1.807, 2.05) is 60.9 Å². The summed E-state index contributed by atoms with van der Waals surface area (Å²) in [6, 6.07) is 24.5. The van der Waals surface area contributed by atoms with Gasteiger partial charge in [0.15, 0.2) is 0 Å². The fourth-order valence-corrected chi connectivity index (χ4v) is 4.20. The maximum Gasteiger partial charge on any atom is 2.00 e. The molecule has 0 radical (unpaired) electrons. The van der Waals surface area contributed by atoms with Crippen molar-refractivity contribution in [2.45, 2.75) is 52.4 Å². The van der Waals surface area contributed by atoms with Crippen LogP contribution in [0, 0.1) is 0 Å². The van der Waals surface area contributed by atoms with Gasteiger partial charge in [0.25, 0.3) is 0 Å². The zero-order chi connectivity index (χ0) is 26.9. The van der Waals surface area contributed by atoms with Crippen LogP contribution in [0.4, 0.5) is 0 Å². The number of hydrogen-bond donors (Lipinski definition) is 0. The molecule has 7 heteroatoms. The van der Waals surface area contributed by atoms with Crippen LogP contribution >= 0.6 is 0 Å². The number of rotatable bonds is 2. The van der Waals surface area contributed by atoms with E-state index in [2.05, 4.69) is 96.2 Å². The van der Waals surface area contributed by atoms with Crippen LogP contribution in [0.25, 0.3) is 44.3 Å². The van der Waals surface area contributed by atoms with Gasteiger partial charge in [0.05, 0.1) is 11.4 Å². The molecule has 0 saturated heterocycles. The third-order valence-corrected chi connectivity index (χ3v) is 6.45. The van der Waals surface area contributed by atoms with Crippen molar-refractivity contribution in [3.05, 3.63) is 96.6 Å². The minimum atomic E-state index is 0. The van der Waals surface area contributed by atoms with E-state index in [9.17, 15) is 0 Å². The molecule has 0 spiro atoms. The molecule has 4 aromatic heterocycles. The molecule has 200 valence electrons.